The van der Waals surface area contributed by atoms with E-state index in [4.69, 9.17) is 19.8 Å². The molecule has 2 aromatic carbocycles. The zero-order valence-electron chi connectivity index (χ0n) is 22.3. The summed E-state index contributed by atoms with van der Waals surface area (Å²) in [4.78, 5) is 23.3. The van der Waals surface area contributed by atoms with Crippen molar-refractivity contribution < 1.29 is 18.3 Å². The van der Waals surface area contributed by atoms with Gasteiger partial charge >= 0.3 is 0 Å². The Bertz CT molecular complexity index is 1740. The average Bonchev–Trinajstić information content (AvgIpc) is 3.61. The number of ether oxygens (including phenoxy) is 1. The molecule has 41 heavy (non-hydrogen) atoms. The number of carbonyl (C=O) groups excluding carboxylic acids is 1. The van der Waals surface area contributed by atoms with Crippen LogP contribution in [0.5, 0.6) is 0 Å². The number of hydrogen-bond acceptors (Lipinski definition) is 6. The van der Waals surface area contributed by atoms with Crippen molar-refractivity contribution in [3.05, 3.63) is 106 Å². The van der Waals surface area contributed by atoms with E-state index < -0.39 is 11.6 Å². The first-order valence-electron chi connectivity index (χ1n) is 13.7. The molecular weight excluding hydrogens is 526 g/mol. The van der Waals surface area contributed by atoms with Crippen molar-refractivity contribution in [3.63, 3.8) is 0 Å². The maximum absolute atomic E-state index is 14.0. The molecule has 0 spiro atoms. The number of pyridine rings is 1. The van der Waals surface area contributed by atoms with Gasteiger partial charge in [0.2, 0.25) is 0 Å². The number of aldehydes is 1. The Labute approximate surface area is 235 Å². The van der Waals surface area contributed by atoms with E-state index in [-0.39, 0.29) is 0 Å². The maximum Gasteiger partial charge on any atom is 0.150 e. The van der Waals surface area contributed by atoms with Crippen molar-refractivity contribution in [2.45, 2.75) is 39.0 Å². The number of anilines is 1. The Balaban J connectivity index is 1.05. The lowest BCUT2D eigenvalue weighted by molar-refractivity contribution is -0.0392. The smallest absolute Gasteiger partial charge is 0.150 e. The van der Waals surface area contributed by atoms with Gasteiger partial charge in [-0.1, -0.05) is 12.1 Å². The summed E-state index contributed by atoms with van der Waals surface area (Å²) >= 11 is 0. The third-order valence-electron chi connectivity index (χ3n) is 7.85. The van der Waals surface area contributed by atoms with Crippen LogP contribution in [-0.4, -0.2) is 43.8 Å². The molecule has 2 aliphatic heterocycles. The summed E-state index contributed by atoms with van der Waals surface area (Å²) in [6.07, 6.45) is 3.94. The highest BCUT2D eigenvalue weighted by Crippen LogP contribution is 2.28. The SMILES string of the molecule is O=Cc1ccc2nc(Cn3cc4c(n3)CN(c3cccc(CCc5ccc(F)cc5F)n3)C4)n(CC3COC3)c2c1. The first kappa shape index (κ1) is 25.5. The molecule has 5 heterocycles. The van der Waals surface area contributed by atoms with E-state index in [2.05, 4.69) is 15.7 Å². The van der Waals surface area contributed by atoms with E-state index in [0.29, 0.717) is 49.5 Å². The van der Waals surface area contributed by atoms with Gasteiger partial charge in [-0.3, -0.25) is 9.48 Å². The Morgan fingerprint density at radius 3 is 2.68 bits per heavy atom. The van der Waals surface area contributed by atoms with Crippen LogP contribution < -0.4 is 4.90 Å². The minimum atomic E-state index is -0.572. The van der Waals surface area contributed by atoms with Gasteiger partial charge in [0.25, 0.3) is 0 Å². The topological polar surface area (TPSA) is 78.1 Å². The van der Waals surface area contributed by atoms with Gasteiger partial charge in [-0.15, -0.1) is 0 Å². The lowest BCUT2D eigenvalue weighted by Gasteiger charge is -2.27. The van der Waals surface area contributed by atoms with Gasteiger partial charge in [-0.25, -0.2) is 18.7 Å². The molecular formula is C31H28F2N6O2. The van der Waals surface area contributed by atoms with Crippen molar-refractivity contribution in [1.29, 1.82) is 0 Å². The van der Waals surface area contributed by atoms with Gasteiger partial charge in [-0.2, -0.15) is 5.10 Å². The first-order chi connectivity index (χ1) is 20.0. The zero-order valence-corrected chi connectivity index (χ0v) is 22.3. The quantitative estimate of drug-likeness (QED) is 0.246. The summed E-state index contributed by atoms with van der Waals surface area (Å²) in [5, 5.41) is 4.88. The monoisotopic (exact) mass is 554 g/mol. The van der Waals surface area contributed by atoms with Crippen LogP contribution in [0.1, 0.15) is 38.7 Å². The summed E-state index contributed by atoms with van der Waals surface area (Å²) < 4.78 is 36.8. The normalized spacial score (nSPS) is 14.9. The fourth-order valence-corrected chi connectivity index (χ4v) is 5.60. The van der Waals surface area contributed by atoms with Crippen LogP contribution in [-0.2, 0) is 43.8 Å². The second-order valence-electron chi connectivity index (χ2n) is 10.8. The predicted molar refractivity (Wildman–Crippen MR) is 149 cm³/mol. The molecule has 0 unspecified atom stereocenters. The molecule has 208 valence electrons. The molecule has 1 fully saturated rings. The van der Waals surface area contributed by atoms with Crippen LogP contribution in [0.15, 0.2) is 60.8 Å². The van der Waals surface area contributed by atoms with Crippen molar-refractivity contribution in [3.8, 4) is 0 Å². The average molecular weight is 555 g/mol. The standard InChI is InChI=1S/C31H28F2N6O2/c32-24-7-5-22(26(33)11-24)6-8-25-2-1-3-30(34-25)37-13-23-14-38(36-28(23)15-37)16-31-35-27-9-4-20(17-40)10-29(27)39(31)12-21-18-41-19-21/h1-5,7,9-11,14,17,21H,6,8,12-13,15-16,18-19H2. The lowest BCUT2D eigenvalue weighted by Crippen LogP contribution is -2.32. The number of aromatic nitrogens is 5. The molecule has 0 atom stereocenters. The van der Waals surface area contributed by atoms with Gasteiger partial charge in [0.1, 0.15) is 29.6 Å². The second-order valence-corrected chi connectivity index (χ2v) is 10.8. The van der Waals surface area contributed by atoms with Crippen molar-refractivity contribution in [1.82, 2.24) is 24.3 Å². The molecule has 3 aromatic heterocycles. The summed E-state index contributed by atoms with van der Waals surface area (Å²) in [5.74, 6) is 1.08. The summed E-state index contributed by atoms with van der Waals surface area (Å²) in [7, 11) is 0. The Morgan fingerprint density at radius 1 is 1.00 bits per heavy atom. The number of rotatable bonds is 9. The molecule has 5 aromatic rings. The fourth-order valence-electron chi connectivity index (χ4n) is 5.60. The van der Waals surface area contributed by atoms with Crippen LogP contribution in [0.3, 0.4) is 0 Å². The number of carbonyl (C=O) groups is 1. The van der Waals surface area contributed by atoms with Crippen molar-refractivity contribution in [2.75, 3.05) is 18.1 Å². The number of fused-ring (bicyclic) bond motifs is 2. The van der Waals surface area contributed by atoms with Crippen LogP contribution in [0.2, 0.25) is 0 Å². The van der Waals surface area contributed by atoms with Crippen molar-refractivity contribution in [2.24, 2.45) is 5.92 Å². The molecule has 2 aliphatic rings. The minimum absolute atomic E-state index is 0.431. The number of benzene rings is 2. The summed E-state index contributed by atoms with van der Waals surface area (Å²) in [6, 6.07) is 15.2. The Kier molecular flexibility index (Phi) is 6.54. The van der Waals surface area contributed by atoms with Crippen LogP contribution in [0.4, 0.5) is 14.6 Å². The van der Waals surface area contributed by atoms with Crippen LogP contribution in [0.25, 0.3) is 11.0 Å². The van der Waals surface area contributed by atoms with Gasteiger partial charge in [0, 0.05) is 48.1 Å². The van der Waals surface area contributed by atoms with Gasteiger partial charge in [-0.05, 0) is 54.8 Å². The molecule has 0 bridgehead atoms. The first-order valence-corrected chi connectivity index (χ1v) is 13.7. The molecule has 1 saturated heterocycles. The predicted octanol–water partition coefficient (Wildman–Crippen LogP) is 4.72. The number of aryl methyl sites for hydroxylation is 2. The van der Waals surface area contributed by atoms with Crippen molar-refractivity contribution >= 4 is 23.1 Å². The Hall–Kier alpha value is -4.44. The van der Waals surface area contributed by atoms with E-state index in [1.165, 1.54) is 12.1 Å². The molecule has 0 N–H and O–H groups in total. The molecule has 0 amide bonds. The molecule has 0 radical (unpaired) electrons. The number of imidazole rings is 1. The summed E-state index contributed by atoms with van der Waals surface area (Å²) in [6.45, 7) is 4.12. The van der Waals surface area contributed by atoms with Gasteiger partial charge in [0.05, 0.1) is 43.0 Å². The zero-order chi connectivity index (χ0) is 27.9. The van der Waals surface area contributed by atoms with Crippen LogP contribution in [0, 0.1) is 17.6 Å². The van der Waals surface area contributed by atoms with E-state index in [1.54, 1.807) is 6.07 Å². The molecule has 0 aliphatic carbocycles. The molecule has 0 saturated carbocycles. The van der Waals surface area contributed by atoms with E-state index in [9.17, 15) is 13.6 Å². The Morgan fingerprint density at radius 2 is 1.90 bits per heavy atom. The highest BCUT2D eigenvalue weighted by Gasteiger charge is 2.26. The minimum Gasteiger partial charge on any atom is -0.381 e. The van der Waals surface area contributed by atoms with E-state index >= 15 is 0 Å². The van der Waals surface area contributed by atoms with Crippen LogP contribution >= 0.6 is 0 Å². The third kappa shape index (κ3) is 5.11. The second kappa shape index (κ2) is 10.5. The third-order valence-corrected chi connectivity index (χ3v) is 7.85. The maximum atomic E-state index is 14.0. The molecule has 8 nitrogen and oxygen atoms in total. The number of nitrogens with zero attached hydrogens (tertiary/aromatic N) is 6. The number of halogens is 2. The largest absolute Gasteiger partial charge is 0.381 e. The van der Waals surface area contributed by atoms with Gasteiger partial charge in [0.15, 0.2) is 0 Å². The summed E-state index contributed by atoms with van der Waals surface area (Å²) in [5.41, 5.74) is 5.93. The van der Waals surface area contributed by atoms with Gasteiger partial charge < -0.3 is 14.2 Å². The lowest BCUT2D eigenvalue weighted by atomic mass is 10.1. The molecule has 10 heteroatoms. The van der Waals surface area contributed by atoms with E-state index in [1.807, 2.05) is 35.0 Å². The molecule has 7 rings (SSSR count). The highest BCUT2D eigenvalue weighted by atomic mass is 19.1. The number of hydrogen-bond donors (Lipinski definition) is 0. The fraction of sp³-hybridized carbons (Fsp3) is 0.290. The van der Waals surface area contributed by atoms with E-state index in [0.717, 1.165) is 71.7 Å². The highest BCUT2D eigenvalue weighted by molar-refractivity contribution is 5.85.